The summed E-state index contributed by atoms with van der Waals surface area (Å²) in [4.78, 5) is 5.22. The Kier molecular flexibility index (Phi) is 9.65. The molecule has 0 aliphatic heterocycles. The van der Waals surface area contributed by atoms with Gasteiger partial charge in [0.25, 0.3) is 0 Å². The van der Waals surface area contributed by atoms with Gasteiger partial charge in [-0.2, -0.15) is 0 Å². The quantitative estimate of drug-likeness (QED) is 0.137. The van der Waals surface area contributed by atoms with Gasteiger partial charge in [-0.15, -0.1) is 0 Å². The van der Waals surface area contributed by atoms with Gasteiger partial charge in [0.15, 0.2) is 5.58 Å². The van der Waals surface area contributed by atoms with Gasteiger partial charge in [-0.05, 0) is 114 Å². The Morgan fingerprint density at radius 3 is 1.60 bits per heavy atom. The molecule has 1 heterocycles. The third-order valence-electron chi connectivity index (χ3n) is 11.5. The zero-order valence-electron chi connectivity index (χ0n) is 33.3. The van der Waals surface area contributed by atoms with Gasteiger partial charge in [0, 0.05) is 11.1 Å². The second-order valence-corrected chi connectivity index (χ2v) is 15.1. The highest BCUT2D eigenvalue weighted by Crippen LogP contribution is 2.39. The topological polar surface area (TPSA) is 26.0 Å². The highest BCUT2D eigenvalue weighted by atomic mass is 16.3. The Hall–Kier alpha value is -7.81. The van der Waals surface area contributed by atoms with Gasteiger partial charge >= 0.3 is 0 Å². The van der Waals surface area contributed by atoms with Crippen molar-refractivity contribution in [1.29, 1.82) is 0 Å². The average molecular weight is 768 g/mol. The molecule has 0 unspecified atom stereocenters. The maximum absolute atomic E-state index is 6.72. The zero-order valence-corrected chi connectivity index (χ0v) is 33.3. The summed E-state index contributed by atoms with van der Waals surface area (Å²) in [5.74, 6) is 0.587. The van der Waals surface area contributed by atoms with E-state index in [0.717, 1.165) is 61.2 Å². The van der Waals surface area contributed by atoms with Gasteiger partial charge in [0.05, 0.1) is 0 Å². The number of benzene rings is 9. The van der Waals surface area contributed by atoms with Gasteiger partial charge in [0.1, 0.15) is 5.52 Å². The lowest BCUT2D eigenvalue weighted by Crippen LogP contribution is -1.87. The Morgan fingerprint density at radius 2 is 0.983 bits per heavy atom. The largest absolute Gasteiger partial charge is 0.436 e. The lowest BCUT2D eigenvalue weighted by atomic mass is 9.93. The van der Waals surface area contributed by atoms with Crippen molar-refractivity contribution in [2.24, 2.45) is 0 Å². The monoisotopic (exact) mass is 767 g/mol. The normalized spacial score (nSPS) is 11.8. The predicted octanol–water partition coefficient (Wildman–Crippen LogP) is 16.3. The van der Waals surface area contributed by atoms with Crippen molar-refractivity contribution in [2.75, 3.05) is 0 Å². The predicted molar refractivity (Wildman–Crippen MR) is 255 cm³/mol. The molecule has 0 fully saturated rings. The van der Waals surface area contributed by atoms with E-state index in [-0.39, 0.29) is 0 Å². The van der Waals surface area contributed by atoms with Crippen molar-refractivity contribution >= 4 is 38.2 Å². The van der Waals surface area contributed by atoms with Gasteiger partial charge < -0.3 is 4.42 Å². The van der Waals surface area contributed by atoms with E-state index < -0.39 is 0 Å². The van der Waals surface area contributed by atoms with Crippen molar-refractivity contribution in [1.82, 2.24) is 4.98 Å². The molecule has 10 rings (SSSR count). The van der Waals surface area contributed by atoms with Gasteiger partial charge in [-0.3, -0.25) is 0 Å². The van der Waals surface area contributed by atoms with E-state index in [0.29, 0.717) is 5.89 Å². The number of hydrogen-bond acceptors (Lipinski definition) is 2. The lowest BCUT2D eigenvalue weighted by Gasteiger charge is -2.11. The van der Waals surface area contributed by atoms with E-state index in [4.69, 9.17) is 9.40 Å². The van der Waals surface area contributed by atoms with Crippen LogP contribution in [0.25, 0.3) is 105 Å². The Bertz CT molecular complexity index is 3240. The van der Waals surface area contributed by atoms with Crippen molar-refractivity contribution in [2.45, 2.75) is 6.92 Å². The van der Waals surface area contributed by atoms with E-state index in [1.165, 1.54) is 43.8 Å². The summed E-state index contributed by atoms with van der Waals surface area (Å²) in [5, 5.41) is 4.96. The van der Waals surface area contributed by atoms with Crippen LogP contribution in [0.2, 0.25) is 0 Å². The summed E-state index contributed by atoms with van der Waals surface area (Å²) in [6, 6.07) is 69.3. The summed E-state index contributed by atoms with van der Waals surface area (Å²) < 4.78 is 6.72. The van der Waals surface area contributed by atoms with Crippen LogP contribution in [0.3, 0.4) is 0 Å². The molecule has 2 heteroatoms. The molecule has 0 spiro atoms. The fourth-order valence-corrected chi connectivity index (χ4v) is 8.33. The molecule has 0 N–H and O–H groups in total. The van der Waals surface area contributed by atoms with Gasteiger partial charge in [0.2, 0.25) is 5.89 Å². The standard InChI is InChI=1S/C58H41NO/c1-3-5-13-39(4-2)40-24-26-41(27-25-40)48-18-10-19-49(36-48)58-59-57-55(47-34-32-46(33-35-47)54-23-12-17-44-15-7-9-21-52(44)54)37-50(38-56(57)60-58)42-28-30-45(31-29-42)53-22-11-16-43-14-6-8-20-51(43)53/h3-38H,2H2,1H3/b5-3-,39-13+. The van der Waals surface area contributed by atoms with E-state index in [1.54, 1.807) is 0 Å². The number of nitrogens with zero attached hydrogens (tertiary/aromatic N) is 1. The number of aromatic nitrogens is 1. The molecule has 0 aliphatic rings. The fraction of sp³-hybridized carbons (Fsp3) is 0.0172. The molecule has 0 atom stereocenters. The van der Waals surface area contributed by atoms with Crippen LogP contribution in [0, 0.1) is 0 Å². The highest BCUT2D eigenvalue weighted by molar-refractivity contribution is 6.00. The summed E-state index contributed by atoms with van der Waals surface area (Å²) in [6.45, 7) is 6.03. The van der Waals surface area contributed by atoms with Crippen LogP contribution in [-0.4, -0.2) is 4.98 Å². The fourth-order valence-electron chi connectivity index (χ4n) is 8.33. The van der Waals surface area contributed by atoms with Crippen LogP contribution in [0.4, 0.5) is 0 Å². The molecule has 0 saturated heterocycles. The number of hydrogen-bond donors (Lipinski definition) is 0. The van der Waals surface area contributed by atoms with Crippen molar-refractivity contribution in [3.63, 3.8) is 0 Å². The van der Waals surface area contributed by atoms with E-state index in [2.05, 4.69) is 207 Å². The van der Waals surface area contributed by atoms with E-state index in [9.17, 15) is 0 Å². The first-order valence-corrected chi connectivity index (χ1v) is 20.4. The lowest BCUT2D eigenvalue weighted by molar-refractivity contribution is 0.620. The number of rotatable bonds is 9. The highest BCUT2D eigenvalue weighted by Gasteiger charge is 2.17. The second-order valence-electron chi connectivity index (χ2n) is 15.1. The average Bonchev–Trinajstić information content (AvgIpc) is 3.76. The van der Waals surface area contributed by atoms with Crippen molar-refractivity contribution in [3.05, 3.63) is 231 Å². The Morgan fingerprint density at radius 1 is 0.467 bits per heavy atom. The zero-order chi connectivity index (χ0) is 40.4. The van der Waals surface area contributed by atoms with E-state index >= 15 is 0 Å². The molecule has 9 aromatic carbocycles. The third kappa shape index (κ3) is 6.95. The minimum Gasteiger partial charge on any atom is -0.436 e. The maximum Gasteiger partial charge on any atom is 0.227 e. The molecule has 0 aliphatic carbocycles. The molecule has 0 radical (unpaired) electrons. The van der Waals surface area contributed by atoms with Crippen LogP contribution in [0.5, 0.6) is 0 Å². The molecule has 10 aromatic rings. The minimum atomic E-state index is 0.587. The van der Waals surface area contributed by atoms with Crippen molar-refractivity contribution < 1.29 is 4.42 Å². The van der Waals surface area contributed by atoms with Crippen LogP contribution in [-0.2, 0) is 0 Å². The molecule has 0 saturated carbocycles. The summed E-state index contributed by atoms with van der Waals surface area (Å²) in [5.41, 5.74) is 16.0. The Labute approximate surface area is 350 Å². The number of fused-ring (bicyclic) bond motifs is 3. The first-order valence-electron chi connectivity index (χ1n) is 20.4. The summed E-state index contributed by atoms with van der Waals surface area (Å²) in [6.07, 6.45) is 8.03. The number of oxazole rings is 1. The smallest absolute Gasteiger partial charge is 0.227 e. The molecule has 0 amide bonds. The molecule has 284 valence electrons. The second kappa shape index (κ2) is 15.9. The van der Waals surface area contributed by atoms with E-state index in [1.807, 2.05) is 25.2 Å². The van der Waals surface area contributed by atoms with Gasteiger partial charge in [-0.1, -0.05) is 201 Å². The van der Waals surface area contributed by atoms with Crippen LogP contribution >= 0.6 is 0 Å². The SMILES string of the molecule is C=C/C(=C\C=C/C)c1ccc(-c2cccc(-c3nc4c(-c5ccc(-c6cccc7ccccc67)cc5)cc(-c5ccc(-c6cccc7ccccc67)cc5)cc4o3)c2)cc1. The molecular formula is C58H41NO. The third-order valence-corrected chi connectivity index (χ3v) is 11.5. The number of allylic oxidation sites excluding steroid dienone is 5. The van der Waals surface area contributed by atoms with Gasteiger partial charge in [-0.25, -0.2) is 4.98 Å². The minimum absolute atomic E-state index is 0.587. The molecular weight excluding hydrogens is 727 g/mol. The first kappa shape index (κ1) is 36.5. The van der Waals surface area contributed by atoms with Crippen LogP contribution < -0.4 is 0 Å². The van der Waals surface area contributed by atoms with Crippen LogP contribution in [0.1, 0.15) is 12.5 Å². The summed E-state index contributed by atoms with van der Waals surface area (Å²) in [7, 11) is 0. The molecule has 60 heavy (non-hydrogen) atoms. The maximum atomic E-state index is 6.72. The Balaban J connectivity index is 1.05. The van der Waals surface area contributed by atoms with Crippen molar-refractivity contribution in [3.8, 4) is 67.1 Å². The molecule has 0 bridgehead atoms. The molecule has 1 aromatic heterocycles. The first-order chi connectivity index (χ1) is 29.6. The summed E-state index contributed by atoms with van der Waals surface area (Å²) >= 11 is 0. The van der Waals surface area contributed by atoms with Crippen LogP contribution in [0.15, 0.2) is 229 Å². The molecule has 2 nitrogen and oxygen atoms in total.